The molecule has 0 N–H and O–H groups in total. The van der Waals surface area contributed by atoms with Gasteiger partial charge in [-0.05, 0) is 0 Å². The first-order valence-electron chi connectivity index (χ1n) is 5.33. The molecule has 0 aromatic carbocycles. The first kappa shape index (κ1) is 15.6. The Kier molecular flexibility index (Phi) is 11.6. The molecule has 0 heterocycles. The largest absolute Gasteiger partial charge is 0.0623 e. The van der Waals surface area contributed by atoms with E-state index in [1.54, 1.807) is 0 Å². The van der Waals surface area contributed by atoms with Gasteiger partial charge in [0.05, 0.1) is 0 Å². The van der Waals surface area contributed by atoms with Crippen LogP contribution in [0.3, 0.4) is 0 Å². The van der Waals surface area contributed by atoms with E-state index in [4.69, 9.17) is 0 Å². The Balaban J connectivity index is 0.000000284. The fraction of sp³-hybridized carbons (Fsp3) is 0. The summed E-state index contributed by atoms with van der Waals surface area (Å²) in [5.74, 6) is 0. The van der Waals surface area contributed by atoms with Crippen molar-refractivity contribution in [1.29, 1.82) is 0 Å². The molecule has 0 aromatic heterocycles. The number of hydrogen-bond donors (Lipinski definition) is 0. The van der Waals surface area contributed by atoms with E-state index in [2.05, 4.69) is 0 Å². The molecule has 0 unspecified atom stereocenters. The minimum atomic E-state index is 0. The zero-order valence-corrected chi connectivity index (χ0v) is 11.8. The predicted octanol–water partition coefficient (Wildman–Crippen LogP) is 4.45. The Labute approximate surface area is 118 Å². The van der Waals surface area contributed by atoms with E-state index in [9.17, 15) is 0 Å². The standard InChI is InChI=1S/2C8H8.Pt/c2*1-2-4-6-8-7-5-3-1;/h2*1-8H;/b2*2-1-,3-1?,4-2?,5-3-,6-4-,7-5?,8-6?,8-7-;. The van der Waals surface area contributed by atoms with Gasteiger partial charge in [-0.15, -0.1) is 0 Å². The smallest absolute Gasteiger partial charge is 0 e. The van der Waals surface area contributed by atoms with Crippen LogP contribution < -0.4 is 0 Å². The summed E-state index contributed by atoms with van der Waals surface area (Å²) in [5, 5.41) is 0. The van der Waals surface area contributed by atoms with Gasteiger partial charge < -0.3 is 0 Å². The van der Waals surface area contributed by atoms with Crippen LogP contribution in [0.4, 0.5) is 0 Å². The Hall–Kier alpha value is -1.39. The zero-order valence-electron chi connectivity index (χ0n) is 9.55. The SMILES string of the molecule is C1=C\C=C/C=C\C=C/1.C1=C\C=C/C=C\C=C/1.[Pt]. The predicted molar refractivity (Wildman–Crippen MR) is 73.1 cm³/mol. The molecule has 1 heteroatoms. The monoisotopic (exact) mass is 403 g/mol. The van der Waals surface area contributed by atoms with Gasteiger partial charge in [-0.3, -0.25) is 0 Å². The molecule has 0 saturated carbocycles. The third kappa shape index (κ3) is 10.9. The molecular formula is C16H16Pt. The van der Waals surface area contributed by atoms with Gasteiger partial charge in [0.15, 0.2) is 0 Å². The molecule has 0 amide bonds. The van der Waals surface area contributed by atoms with Crippen molar-refractivity contribution < 1.29 is 21.1 Å². The first-order chi connectivity index (χ1) is 8.00. The molecule has 2 rings (SSSR count). The van der Waals surface area contributed by atoms with Crippen molar-refractivity contribution in [2.45, 2.75) is 0 Å². The molecule has 0 atom stereocenters. The van der Waals surface area contributed by atoms with E-state index in [-0.39, 0.29) is 21.1 Å². The third-order valence-electron chi connectivity index (χ3n) is 1.78. The second-order valence-corrected chi connectivity index (χ2v) is 3.08. The summed E-state index contributed by atoms with van der Waals surface area (Å²) in [6.07, 6.45) is 32.0. The minimum absolute atomic E-state index is 0. The normalized spacial score (nSPS) is 30.1. The van der Waals surface area contributed by atoms with Crippen molar-refractivity contribution in [3.8, 4) is 0 Å². The minimum Gasteiger partial charge on any atom is -0.0623 e. The molecule has 0 spiro atoms. The van der Waals surface area contributed by atoms with Crippen LogP contribution in [0, 0.1) is 0 Å². The van der Waals surface area contributed by atoms with E-state index in [0.717, 1.165) is 0 Å². The molecule has 0 radical (unpaired) electrons. The van der Waals surface area contributed by atoms with Gasteiger partial charge in [0.25, 0.3) is 0 Å². The van der Waals surface area contributed by atoms with Gasteiger partial charge in [0.1, 0.15) is 0 Å². The second kappa shape index (κ2) is 12.7. The molecule has 2 aliphatic carbocycles. The maximum atomic E-state index is 2.00. The van der Waals surface area contributed by atoms with Gasteiger partial charge in [0, 0.05) is 21.1 Å². The van der Waals surface area contributed by atoms with Crippen molar-refractivity contribution in [3.05, 3.63) is 97.2 Å². The second-order valence-electron chi connectivity index (χ2n) is 3.08. The van der Waals surface area contributed by atoms with Gasteiger partial charge in [-0.25, -0.2) is 0 Å². The van der Waals surface area contributed by atoms with Crippen LogP contribution in [-0.2, 0) is 21.1 Å². The summed E-state index contributed by atoms with van der Waals surface area (Å²) in [5.41, 5.74) is 0. The molecule has 0 saturated heterocycles. The van der Waals surface area contributed by atoms with E-state index >= 15 is 0 Å². The maximum Gasteiger partial charge on any atom is 0 e. The average molecular weight is 403 g/mol. The van der Waals surface area contributed by atoms with Crippen molar-refractivity contribution in [2.75, 3.05) is 0 Å². The van der Waals surface area contributed by atoms with Crippen molar-refractivity contribution in [3.63, 3.8) is 0 Å². The van der Waals surface area contributed by atoms with Crippen LogP contribution in [0.5, 0.6) is 0 Å². The van der Waals surface area contributed by atoms with Crippen LogP contribution in [0.2, 0.25) is 0 Å². The van der Waals surface area contributed by atoms with E-state index in [1.165, 1.54) is 0 Å². The summed E-state index contributed by atoms with van der Waals surface area (Å²) in [6.45, 7) is 0. The van der Waals surface area contributed by atoms with Gasteiger partial charge >= 0.3 is 0 Å². The summed E-state index contributed by atoms with van der Waals surface area (Å²) >= 11 is 0. The van der Waals surface area contributed by atoms with E-state index < -0.39 is 0 Å². The van der Waals surface area contributed by atoms with E-state index in [1.807, 2.05) is 97.2 Å². The van der Waals surface area contributed by atoms with E-state index in [0.29, 0.717) is 0 Å². The number of allylic oxidation sites excluding steroid dienone is 16. The molecule has 90 valence electrons. The van der Waals surface area contributed by atoms with Crippen LogP contribution >= 0.6 is 0 Å². The Morgan fingerprint density at radius 3 is 0.294 bits per heavy atom. The van der Waals surface area contributed by atoms with Crippen LogP contribution in [0.25, 0.3) is 0 Å². The van der Waals surface area contributed by atoms with Gasteiger partial charge in [0.2, 0.25) is 0 Å². The van der Waals surface area contributed by atoms with Crippen molar-refractivity contribution in [2.24, 2.45) is 0 Å². The van der Waals surface area contributed by atoms with Gasteiger partial charge in [-0.2, -0.15) is 0 Å². The fourth-order valence-electron chi connectivity index (χ4n) is 1.03. The summed E-state index contributed by atoms with van der Waals surface area (Å²) in [4.78, 5) is 0. The summed E-state index contributed by atoms with van der Waals surface area (Å²) < 4.78 is 0. The quantitative estimate of drug-likeness (QED) is 0.561. The van der Waals surface area contributed by atoms with Crippen LogP contribution in [0.15, 0.2) is 97.2 Å². The topological polar surface area (TPSA) is 0 Å². The van der Waals surface area contributed by atoms with Crippen molar-refractivity contribution >= 4 is 0 Å². The summed E-state index contributed by atoms with van der Waals surface area (Å²) in [6, 6.07) is 0. The summed E-state index contributed by atoms with van der Waals surface area (Å²) in [7, 11) is 0. The molecule has 0 fully saturated rings. The number of hydrogen-bond acceptors (Lipinski definition) is 0. The Morgan fingerprint density at radius 2 is 0.235 bits per heavy atom. The Bertz CT molecular complexity index is 247. The first-order valence-corrected chi connectivity index (χ1v) is 5.33. The fourth-order valence-corrected chi connectivity index (χ4v) is 1.03. The molecule has 0 nitrogen and oxygen atoms in total. The molecular weight excluding hydrogens is 387 g/mol. The average Bonchev–Trinajstić information content (AvgIpc) is 2.15. The molecule has 0 aromatic rings. The molecule has 17 heavy (non-hydrogen) atoms. The molecule has 2 aliphatic rings. The molecule has 0 aliphatic heterocycles. The maximum absolute atomic E-state index is 2.00. The van der Waals surface area contributed by atoms with Crippen LogP contribution in [0.1, 0.15) is 0 Å². The van der Waals surface area contributed by atoms with Gasteiger partial charge in [-0.1, -0.05) is 97.2 Å². The Morgan fingerprint density at radius 1 is 0.176 bits per heavy atom. The third-order valence-corrected chi connectivity index (χ3v) is 1.78. The zero-order chi connectivity index (χ0) is 11.3. The number of rotatable bonds is 0. The molecule has 0 bridgehead atoms. The van der Waals surface area contributed by atoms with Crippen LogP contribution in [-0.4, -0.2) is 0 Å². The van der Waals surface area contributed by atoms with Crippen molar-refractivity contribution in [1.82, 2.24) is 0 Å².